The first-order valence-electron chi connectivity index (χ1n) is 9.13. The quantitative estimate of drug-likeness (QED) is 0.803. The second-order valence-corrected chi connectivity index (χ2v) is 6.91. The lowest BCUT2D eigenvalue weighted by Gasteiger charge is -2.31. The van der Waals surface area contributed by atoms with Crippen LogP contribution in [0, 0.1) is 0 Å². The number of Topliss-reactive ketones (excluding diaryl/α,β-unsaturated/α-hetero) is 1. The van der Waals surface area contributed by atoms with Crippen LogP contribution in [0.3, 0.4) is 0 Å². The van der Waals surface area contributed by atoms with Gasteiger partial charge in [0.1, 0.15) is 17.5 Å². The number of nitrogens with zero attached hydrogens (tertiary/aromatic N) is 3. The summed E-state index contributed by atoms with van der Waals surface area (Å²) in [7, 11) is 0. The van der Waals surface area contributed by atoms with Gasteiger partial charge in [-0.15, -0.1) is 0 Å². The Morgan fingerprint density at radius 1 is 1.41 bits per heavy atom. The topological polar surface area (TPSA) is 97.4 Å². The van der Waals surface area contributed by atoms with Crippen molar-refractivity contribution in [2.45, 2.75) is 44.6 Å². The van der Waals surface area contributed by atoms with Gasteiger partial charge in [0.2, 0.25) is 0 Å². The van der Waals surface area contributed by atoms with E-state index in [2.05, 4.69) is 15.2 Å². The molecule has 27 heavy (non-hydrogen) atoms. The summed E-state index contributed by atoms with van der Waals surface area (Å²) in [6.45, 7) is 2.80. The Morgan fingerprint density at radius 3 is 3.04 bits per heavy atom. The number of aromatic amines is 1. The summed E-state index contributed by atoms with van der Waals surface area (Å²) < 4.78 is 12.1. The van der Waals surface area contributed by atoms with E-state index in [9.17, 15) is 9.59 Å². The van der Waals surface area contributed by atoms with Gasteiger partial charge < -0.3 is 14.4 Å². The van der Waals surface area contributed by atoms with Crippen LogP contribution < -0.4 is 0 Å². The number of fused-ring (bicyclic) bond motifs is 2. The van der Waals surface area contributed by atoms with E-state index in [0.717, 1.165) is 18.4 Å². The third kappa shape index (κ3) is 3.63. The normalized spacial score (nSPS) is 24.6. The molecule has 8 heteroatoms. The number of aromatic nitrogens is 3. The van der Waals surface area contributed by atoms with Gasteiger partial charge >= 0.3 is 0 Å². The van der Waals surface area contributed by atoms with E-state index in [-0.39, 0.29) is 35.6 Å². The van der Waals surface area contributed by atoms with E-state index in [1.807, 2.05) is 12.1 Å². The predicted octanol–water partition coefficient (Wildman–Crippen LogP) is 1.60. The zero-order chi connectivity index (χ0) is 18.8. The Morgan fingerprint density at radius 2 is 2.30 bits per heavy atom. The molecule has 2 fully saturated rings. The minimum absolute atomic E-state index is 0.0148. The molecule has 8 nitrogen and oxygen atoms in total. The van der Waals surface area contributed by atoms with Crippen molar-refractivity contribution in [3.63, 3.8) is 0 Å². The van der Waals surface area contributed by atoms with Gasteiger partial charge in [-0.2, -0.15) is 5.10 Å². The van der Waals surface area contributed by atoms with Gasteiger partial charge in [0.25, 0.3) is 5.91 Å². The highest BCUT2D eigenvalue weighted by Crippen LogP contribution is 2.33. The van der Waals surface area contributed by atoms with Crippen LogP contribution in [0.1, 0.15) is 46.3 Å². The standard InChI is InChI=1S/C19H22N4O4/c1-12(24)14-9-15(22-21-14)19(25)23-7-8-26-17-5-4-16(23)18(17)27-11-13-3-2-6-20-10-13/h2-3,6,9-10,16-18H,4-5,7-8,11H2,1H3,(H,21,22)/t16-,17-,18-/m0/s1. The van der Waals surface area contributed by atoms with Crippen molar-refractivity contribution in [1.29, 1.82) is 0 Å². The molecule has 2 aliphatic rings. The Bertz CT molecular complexity index is 822. The molecule has 142 valence electrons. The second-order valence-electron chi connectivity index (χ2n) is 6.91. The van der Waals surface area contributed by atoms with Crippen LogP contribution in [0.5, 0.6) is 0 Å². The molecule has 2 aromatic heterocycles. The second kappa shape index (κ2) is 7.58. The molecule has 0 aromatic carbocycles. The summed E-state index contributed by atoms with van der Waals surface area (Å²) >= 11 is 0. The van der Waals surface area contributed by atoms with Crippen molar-refractivity contribution in [2.75, 3.05) is 13.2 Å². The summed E-state index contributed by atoms with van der Waals surface area (Å²) in [5, 5.41) is 6.60. The summed E-state index contributed by atoms with van der Waals surface area (Å²) in [5.41, 5.74) is 1.56. The van der Waals surface area contributed by atoms with Crippen LogP contribution >= 0.6 is 0 Å². The van der Waals surface area contributed by atoms with Crippen molar-refractivity contribution in [1.82, 2.24) is 20.1 Å². The number of H-pyrrole nitrogens is 1. The zero-order valence-electron chi connectivity index (χ0n) is 15.1. The first-order chi connectivity index (χ1) is 13.1. The van der Waals surface area contributed by atoms with E-state index in [4.69, 9.17) is 9.47 Å². The smallest absolute Gasteiger partial charge is 0.272 e. The number of ketones is 1. The molecular formula is C19H22N4O4. The van der Waals surface area contributed by atoms with Crippen molar-refractivity contribution in [2.24, 2.45) is 0 Å². The van der Waals surface area contributed by atoms with E-state index in [1.54, 1.807) is 17.3 Å². The number of hydrogen-bond donors (Lipinski definition) is 1. The minimum atomic E-state index is -0.188. The molecule has 4 rings (SSSR count). The van der Waals surface area contributed by atoms with Gasteiger partial charge in [-0.1, -0.05) is 6.07 Å². The molecule has 2 bridgehead atoms. The molecule has 1 amide bonds. The molecule has 1 saturated carbocycles. The molecule has 0 spiro atoms. The number of hydrogen-bond acceptors (Lipinski definition) is 6. The van der Waals surface area contributed by atoms with Gasteiger partial charge in [0.15, 0.2) is 5.78 Å². The maximum atomic E-state index is 13.0. The fraction of sp³-hybridized carbons (Fsp3) is 0.474. The van der Waals surface area contributed by atoms with E-state index in [1.165, 1.54) is 13.0 Å². The van der Waals surface area contributed by atoms with Gasteiger partial charge in [-0.25, -0.2) is 0 Å². The maximum Gasteiger partial charge on any atom is 0.272 e. The van der Waals surface area contributed by atoms with Crippen molar-refractivity contribution in [3.05, 3.63) is 47.5 Å². The maximum absolute atomic E-state index is 13.0. The first-order valence-corrected chi connectivity index (χ1v) is 9.13. The molecule has 0 unspecified atom stereocenters. The molecule has 1 N–H and O–H groups in total. The summed E-state index contributed by atoms with van der Waals surface area (Å²) in [4.78, 5) is 30.4. The summed E-state index contributed by atoms with van der Waals surface area (Å²) in [5.74, 6) is -0.357. The fourth-order valence-electron chi connectivity index (χ4n) is 3.80. The molecular weight excluding hydrogens is 348 g/mol. The van der Waals surface area contributed by atoms with E-state index >= 15 is 0 Å². The van der Waals surface area contributed by atoms with Crippen LogP contribution in [0.15, 0.2) is 30.6 Å². The predicted molar refractivity (Wildman–Crippen MR) is 95.2 cm³/mol. The fourth-order valence-corrected chi connectivity index (χ4v) is 3.80. The Kier molecular flexibility index (Phi) is 5.00. The number of carbonyl (C=O) groups is 2. The molecule has 1 aliphatic carbocycles. The molecule has 0 radical (unpaired) electrons. The average molecular weight is 370 g/mol. The molecule has 3 heterocycles. The summed E-state index contributed by atoms with van der Waals surface area (Å²) in [6, 6.07) is 5.28. The van der Waals surface area contributed by atoms with Gasteiger partial charge in [-0.3, -0.25) is 19.7 Å². The molecule has 1 aliphatic heterocycles. The highest BCUT2D eigenvalue weighted by molar-refractivity contribution is 5.97. The van der Waals surface area contributed by atoms with Crippen LogP contribution in [-0.4, -0.2) is 63.2 Å². The molecule has 1 saturated heterocycles. The van der Waals surface area contributed by atoms with Crippen LogP contribution in [0.25, 0.3) is 0 Å². The van der Waals surface area contributed by atoms with Crippen molar-refractivity contribution < 1.29 is 19.1 Å². The average Bonchev–Trinajstić information content (AvgIpc) is 3.26. The highest BCUT2D eigenvalue weighted by atomic mass is 16.5. The SMILES string of the molecule is CC(=O)c1cc(C(=O)N2CCO[C@H]3CC[C@H]2[C@@H]3OCc2cccnc2)[nH]n1. The highest BCUT2D eigenvalue weighted by Gasteiger charge is 2.45. The van der Waals surface area contributed by atoms with Crippen molar-refractivity contribution >= 4 is 11.7 Å². The molecule has 3 atom stereocenters. The van der Waals surface area contributed by atoms with Crippen LogP contribution in [0.4, 0.5) is 0 Å². The number of nitrogens with one attached hydrogen (secondary N) is 1. The first kappa shape index (κ1) is 17.8. The van der Waals surface area contributed by atoms with Crippen LogP contribution in [0.2, 0.25) is 0 Å². The molecule has 2 aromatic rings. The number of pyridine rings is 1. The number of carbonyl (C=O) groups excluding carboxylic acids is 2. The lowest BCUT2D eigenvalue weighted by Crippen LogP contribution is -2.46. The third-order valence-electron chi connectivity index (χ3n) is 5.15. The van der Waals surface area contributed by atoms with Gasteiger partial charge in [0.05, 0.1) is 25.4 Å². The number of amides is 1. The Hall–Kier alpha value is -2.58. The monoisotopic (exact) mass is 370 g/mol. The Labute approximate surface area is 156 Å². The third-order valence-corrected chi connectivity index (χ3v) is 5.15. The van der Waals surface area contributed by atoms with Gasteiger partial charge in [-0.05, 0) is 30.5 Å². The van der Waals surface area contributed by atoms with E-state index < -0.39 is 0 Å². The van der Waals surface area contributed by atoms with Crippen LogP contribution in [-0.2, 0) is 16.1 Å². The number of ether oxygens (including phenoxy) is 2. The lowest BCUT2D eigenvalue weighted by atomic mass is 10.1. The van der Waals surface area contributed by atoms with E-state index in [0.29, 0.717) is 25.5 Å². The van der Waals surface area contributed by atoms with Crippen molar-refractivity contribution in [3.8, 4) is 0 Å². The zero-order valence-corrected chi connectivity index (χ0v) is 15.1. The van der Waals surface area contributed by atoms with Gasteiger partial charge in [0, 0.05) is 25.9 Å². The largest absolute Gasteiger partial charge is 0.374 e. The number of rotatable bonds is 5. The Balaban J connectivity index is 1.50. The lowest BCUT2D eigenvalue weighted by molar-refractivity contribution is -0.0598. The minimum Gasteiger partial charge on any atom is -0.374 e. The summed E-state index contributed by atoms with van der Waals surface area (Å²) in [6.07, 6.45) is 4.97.